The second kappa shape index (κ2) is 6.20. The van der Waals surface area contributed by atoms with Gasteiger partial charge in [-0.1, -0.05) is 24.3 Å². The second-order valence-corrected chi connectivity index (χ2v) is 5.31. The van der Waals surface area contributed by atoms with Crippen molar-refractivity contribution >= 4 is 0 Å². The summed E-state index contributed by atoms with van der Waals surface area (Å²) in [5.74, 6) is 1.64. The van der Waals surface area contributed by atoms with E-state index >= 15 is 0 Å². The number of H-pyrrole nitrogens is 1. The van der Waals surface area contributed by atoms with Gasteiger partial charge in [0.2, 0.25) is 0 Å². The molecule has 1 unspecified atom stereocenters. The van der Waals surface area contributed by atoms with Crippen LogP contribution in [0.15, 0.2) is 30.5 Å². The van der Waals surface area contributed by atoms with E-state index in [0.29, 0.717) is 5.92 Å². The number of aromatic amines is 1. The molecule has 0 radical (unpaired) electrons. The zero-order valence-electron chi connectivity index (χ0n) is 11.9. The molecular weight excluding hydrogens is 250 g/mol. The molecule has 2 aromatic rings. The minimum Gasteiger partial charge on any atom is -0.384 e. The highest BCUT2D eigenvalue weighted by Crippen LogP contribution is 2.23. The number of nitrogens with one attached hydrogen (secondary N) is 2. The first kappa shape index (κ1) is 13.3. The van der Waals surface area contributed by atoms with Gasteiger partial charge >= 0.3 is 0 Å². The Kier molecular flexibility index (Phi) is 4.14. The number of aromatic nitrogens is 2. The van der Waals surface area contributed by atoms with Gasteiger partial charge in [0, 0.05) is 19.6 Å². The number of imidazole rings is 1. The highest BCUT2D eigenvalue weighted by molar-refractivity contribution is 5.59. The van der Waals surface area contributed by atoms with Crippen molar-refractivity contribution in [2.75, 3.05) is 26.8 Å². The molecule has 1 aliphatic rings. The van der Waals surface area contributed by atoms with Crippen molar-refractivity contribution in [1.29, 1.82) is 0 Å². The molecule has 1 fully saturated rings. The largest absolute Gasteiger partial charge is 0.384 e. The Balaban J connectivity index is 1.72. The average Bonchev–Trinajstić information content (AvgIpc) is 3.16. The number of benzene rings is 1. The van der Waals surface area contributed by atoms with E-state index in [0.717, 1.165) is 37.6 Å². The lowest BCUT2D eigenvalue weighted by atomic mass is 10.1. The molecule has 1 aromatic carbocycles. The van der Waals surface area contributed by atoms with Crippen LogP contribution in [0.5, 0.6) is 0 Å². The van der Waals surface area contributed by atoms with Crippen molar-refractivity contribution < 1.29 is 4.74 Å². The molecule has 2 N–H and O–H groups in total. The van der Waals surface area contributed by atoms with Crippen LogP contribution in [0.2, 0.25) is 0 Å². The molecular formula is C16H21N3O. The molecule has 0 bridgehead atoms. The van der Waals surface area contributed by atoms with E-state index in [1.807, 2.05) is 6.20 Å². The average molecular weight is 271 g/mol. The Hall–Kier alpha value is -1.65. The minimum absolute atomic E-state index is 0.532. The Bertz CT molecular complexity index is 541. The topological polar surface area (TPSA) is 49.9 Å². The van der Waals surface area contributed by atoms with Crippen LogP contribution < -0.4 is 5.32 Å². The molecule has 1 aromatic heterocycles. The summed E-state index contributed by atoms with van der Waals surface area (Å²) < 4.78 is 5.10. The number of methoxy groups -OCH3 is 1. The maximum absolute atomic E-state index is 5.10. The maximum atomic E-state index is 5.10. The SMILES string of the molecule is COCCc1ccc(-c2cnc(C3CCNC3)[nH]2)cc1. The molecule has 2 heterocycles. The summed E-state index contributed by atoms with van der Waals surface area (Å²) in [6, 6.07) is 8.61. The van der Waals surface area contributed by atoms with E-state index in [-0.39, 0.29) is 0 Å². The molecule has 0 spiro atoms. The molecule has 0 aliphatic carbocycles. The number of hydrogen-bond donors (Lipinski definition) is 2. The predicted octanol–water partition coefficient (Wildman–Crippen LogP) is 2.34. The van der Waals surface area contributed by atoms with E-state index in [4.69, 9.17) is 4.74 Å². The number of hydrogen-bond acceptors (Lipinski definition) is 3. The zero-order chi connectivity index (χ0) is 13.8. The molecule has 1 saturated heterocycles. The quantitative estimate of drug-likeness (QED) is 0.877. The van der Waals surface area contributed by atoms with Crippen LogP contribution in [-0.2, 0) is 11.2 Å². The van der Waals surface area contributed by atoms with E-state index in [2.05, 4.69) is 39.6 Å². The first-order chi connectivity index (χ1) is 9.86. The molecule has 1 aliphatic heterocycles. The van der Waals surface area contributed by atoms with Gasteiger partial charge in [-0.3, -0.25) is 0 Å². The molecule has 4 nitrogen and oxygen atoms in total. The van der Waals surface area contributed by atoms with Gasteiger partial charge in [0.05, 0.1) is 18.5 Å². The zero-order valence-corrected chi connectivity index (χ0v) is 11.9. The molecule has 1 atom stereocenters. The van der Waals surface area contributed by atoms with Gasteiger partial charge in [-0.15, -0.1) is 0 Å². The molecule has 106 valence electrons. The predicted molar refractivity (Wildman–Crippen MR) is 79.8 cm³/mol. The lowest BCUT2D eigenvalue weighted by molar-refractivity contribution is 0.202. The molecule has 0 saturated carbocycles. The van der Waals surface area contributed by atoms with Crippen LogP contribution in [0, 0.1) is 0 Å². The lowest BCUT2D eigenvalue weighted by Gasteiger charge is -2.04. The van der Waals surface area contributed by atoms with Crippen molar-refractivity contribution in [1.82, 2.24) is 15.3 Å². The van der Waals surface area contributed by atoms with Gasteiger partial charge in [0.25, 0.3) is 0 Å². The monoisotopic (exact) mass is 271 g/mol. The minimum atomic E-state index is 0.532. The van der Waals surface area contributed by atoms with Gasteiger partial charge in [-0.25, -0.2) is 4.98 Å². The summed E-state index contributed by atoms with van der Waals surface area (Å²) in [6.45, 7) is 2.89. The maximum Gasteiger partial charge on any atom is 0.110 e. The number of ether oxygens (including phenoxy) is 1. The third kappa shape index (κ3) is 2.92. The standard InChI is InChI=1S/C16H21N3O/c1-20-9-7-12-2-4-13(5-3-12)15-11-18-16(19-15)14-6-8-17-10-14/h2-5,11,14,17H,6-10H2,1H3,(H,18,19). The smallest absolute Gasteiger partial charge is 0.110 e. The Morgan fingerprint density at radius 1 is 1.30 bits per heavy atom. The normalized spacial score (nSPS) is 18.6. The second-order valence-electron chi connectivity index (χ2n) is 5.31. The summed E-state index contributed by atoms with van der Waals surface area (Å²) in [5, 5.41) is 3.38. The highest BCUT2D eigenvalue weighted by Gasteiger charge is 2.19. The first-order valence-electron chi connectivity index (χ1n) is 7.20. The third-order valence-corrected chi connectivity index (χ3v) is 3.90. The van der Waals surface area contributed by atoms with Crippen LogP contribution in [-0.4, -0.2) is 36.8 Å². The van der Waals surface area contributed by atoms with Crippen molar-refractivity contribution in [3.63, 3.8) is 0 Å². The Morgan fingerprint density at radius 2 is 2.15 bits per heavy atom. The lowest BCUT2D eigenvalue weighted by Crippen LogP contribution is -2.08. The fourth-order valence-corrected chi connectivity index (χ4v) is 2.65. The van der Waals surface area contributed by atoms with Crippen LogP contribution in [0.1, 0.15) is 23.7 Å². The summed E-state index contributed by atoms with van der Waals surface area (Å²) in [6.07, 6.45) is 4.07. The molecule has 3 rings (SSSR count). The van der Waals surface area contributed by atoms with E-state index in [1.54, 1.807) is 7.11 Å². The Labute approximate surface area is 119 Å². The molecule has 20 heavy (non-hydrogen) atoms. The Morgan fingerprint density at radius 3 is 2.85 bits per heavy atom. The van der Waals surface area contributed by atoms with Crippen molar-refractivity contribution in [3.05, 3.63) is 41.9 Å². The summed E-state index contributed by atoms with van der Waals surface area (Å²) in [5.41, 5.74) is 3.59. The van der Waals surface area contributed by atoms with Gasteiger partial charge < -0.3 is 15.0 Å². The van der Waals surface area contributed by atoms with E-state index in [1.165, 1.54) is 17.5 Å². The van der Waals surface area contributed by atoms with Crippen LogP contribution in [0.4, 0.5) is 0 Å². The van der Waals surface area contributed by atoms with Gasteiger partial charge in [0.1, 0.15) is 5.82 Å². The van der Waals surface area contributed by atoms with Crippen LogP contribution in [0.25, 0.3) is 11.3 Å². The van der Waals surface area contributed by atoms with Gasteiger partial charge in [-0.05, 0) is 30.5 Å². The van der Waals surface area contributed by atoms with Gasteiger partial charge in [-0.2, -0.15) is 0 Å². The summed E-state index contributed by atoms with van der Waals surface area (Å²) in [7, 11) is 1.73. The van der Waals surface area contributed by atoms with Gasteiger partial charge in [0.15, 0.2) is 0 Å². The van der Waals surface area contributed by atoms with Crippen LogP contribution >= 0.6 is 0 Å². The highest BCUT2D eigenvalue weighted by atomic mass is 16.5. The first-order valence-corrected chi connectivity index (χ1v) is 7.20. The fourth-order valence-electron chi connectivity index (χ4n) is 2.65. The fraction of sp³-hybridized carbons (Fsp3) is 0.438. The molecule has 4 heteroatoms. The summed E-state index contributed by atoms with van der Waals surface area (Å²) >= 11 is 0. The van der Waals surface area contributed by atoms with Crippen molar-refractivity contribution in [2.45, 2.75) is 18.8 Å². The van der Waals surface area contributed by atoms with Crippen molar-refractivity contribution in [3.8, 4) is 11.3 Å². The van der Waals surface area contributed by atoms with E-state index in [9.17, 15) is 0 Å². The van der Waals surface area contributed by atoms with Crippen molar-refractivity contribution in [2.24, 2.45) is 0 Å². The number of rotatable bonds is 5. The third-order valence-electron chi connectivity index (χ3n) is 3.90. The molecule has 0 amide bonds. The number of nitrogens with zero attached hydrogens (tertiary/aromatic N) is 1. The van der Waals surface area contributed by atoms with Crippen LogP contribution in [0.3, 0.4) is 0 Å². The summed E-state index contributed by atoms with van der Waals surface area (Å²) in [4.78, 5) is 7.99. The van der Waals surface area contributed by atoms with E-state index < -0.39 is 0 Å².